The summed E-state index contributed by atoms with van der Waals surface area (Å²) in [6.07, 6.45) is 3.06. The molecule has 3 heterocycles. The van der Waals surface area contributed by atoms with Gasteiger partial charge in [0.2, 0.25) is 5.75 Å². The van der Waals surface area contributed by atoms with Gasteiger partial charge in [0.05, 0.1) is 27.0 Å². The van der Waals surface area contributed by atoms with E-state index in [9.17, 15) is 4.79 Å². The number of fused-ring (bicyclic) bond motifs is 2. The van der Waals surface area contributed by atoms with Crippen molar-refractivity contribution in [1.29, 1.82) is 0 Å². The second-order valence-corrected chi connectivity index (χ2v) is 8.02. The van der Waals surface area contributed by atoms with E-state index in [2.05, 4.69) is 10.00 Å². The summed E-state index contributed by atoms with van der Waals surface area (Å²) in [4.78, 5) is 20.1. The van der Waals surface area contributed by atoms with E-state index < -0.39 is 0 Å². The van der Waals surface area contributed by atoms with E-state index in [-0.39, 0.29) is 5.56 Å². The molecule has 1 aliphatic carbocycles. The van der Waals surface area contributed by atoms with Gasteiger partial charge in [-0.05, 0) is 37.0 Å². The number of nitrogens with one attached hydrogen (secondary N) is 1. The SMILES string of the molecule is COc1cc(CN2CCc3c(nc4cc(C5CC5)[nH]n4c3=O)C2)cc(OC)c1OC. The quantitative estimate of drug-likeness (QED) is 0.673. The number of hydrogen-bond donors (Lipinski definition) is 1. The van der Waals surface area contributed by atoms with E-state index in [4.69, 9.17) is 19.2 Å². The zero-order valence-corrected chi connectivity index (χ0v) is 17.5. The molecule has 0 amide bonds. The number of aromatic nitrogens is 3. The predicted molar refractivity (Wildman–Crippen MR) is 112 cm³/mol. The fraction of sp³-hybridized carbons (Fsp3) is 0.455. The summed E-state index contributed by atoms with van der Waals surface area (Å²) in [6.45, 7) is 2.14. The van der Waals surface area contributed by atoms with Crippen LogP contribution in [0.5, 0.6) is 17.2 Å². The molecule has 2 aromatic heterocycles. The molecule has 2 aliphatic rings. The highest BCUT2D eigenvalue weighted by Crippen LogP contribution is 2.40. The predicted octanol–water partition coefficient (Wildman–Crippen LogP) is 2.48. The third-order valence-corrected chi connectivity index (χ3v) is 6.01. The molecule has 0 bridgehead atoms. The summed E-state index contributed by atoms with van der Waals surface area (Å²) < 4.78 is 18.0. The highest BCUT2D eigenvalue weighted by atomic mass is 16.5. The molecule has 0 unspecified atom stereocenters. The van der Waals surface area contributed by atoms with Gasteiger partial charge in [0.1, 0.15) is 0 Å². The molecular weight excluding hydrogens is 384 g/mol. The van der Waals surface area contributed by atoms with Gasteiger partial charge in [-0.2, -0.15) is 0 Å². The Morgan fingerprint density at radius 1 is 1.10 bits per heavy atom. The molecule has 0 saturated heterocycles. The maximum Gasteiger partial charge on any atom is 0.276 e. The summed E-state index contributed by atoms with van der Waals surface area (Å²) in [5.41, 5.74) is 4.63. The summed E-state index contributed by atoms with van der Waals surface area (Å²) in [5.74, 6) is 2.42. The first kappa shape index (κ1) is 19.0. The van der Waals surface area contributed by atoms with E-state index >= 15 is 0 Å². The van der Waals surface area contributed by atoms with Gasteiger partial charge in [-0.25, -0.2) is 9.50 Å². The van der Waals surface area contributed by atoms with Crippen molar-refractivity contribution in [2.75, 3.05) is 27.9 Å². The van der Waals surface area contributed by atoms with Crippen LogP contribution in [0.1, 0.15) is 41.3 Å². The Balaban J connectivity index is 1.42. The largest absolute Gasteiger partial charge is 0.493 e. The summed E-state index contributed by atoms with van der Waals surface area (Å²) in [5, 5.41) is 3.25. The molecule has 1 N–H and O–H groups in total. The van der Waals surface area contributed by atoms with Gasteiger partial charge in [-0.15, -0.1) is 0 Å². The first-order valence-electron chi connectivity index (χ1n) is 10.3. The Morgan fingerprint density at radius 2 is 1.83 bits per heavy atom. The van der Waals surface area contributed by atoms with Crippen LogP contribution >= 0.6 is 0 Å². The number of rotatable bonds is 6. The number of methoxy groups -OCH3 is 3. The molecular formula is C22H26N4O4. The molecule has 0 radical (unpaired) electrons. The van der Waals surface area contributed by atoms with Crippen LogP contribution in [-0.2, 0) is 19.5 Å². The van der Waals surface area contributed by atoms with Crippen LogP contribution in [0, 0.1) is 0 Å². The number of benzene rings is 1. The van der Waals surface area contributed by atoms with Crippen molar-refractivity contribution in [3.8, 4) is 17.2 Å². The molecule has 0 spiro atoms. The monoisotopic (exact) mass is 410 g/mol. The van der Waals surface area contributed by atoms with Crippen molar-refractivity contribution in [1.82, 2.24) is 19.5 Å². The third kappa shape index (κ3) is 3.21. The maximum atomic E-state index is 13.0. The number of H-pyrrole nitrogens is 1. The highest BCUT2D eigenvalue weighted by molar-refractivity contribution is 5.54. The molecule has 5 rings (SSSR count). The van der Waals surface area contributed by atoms with Crippen molar-refractivity contribution in [3.63, 3.8) is 0 Å². The summed E-state index contributed by atoms with van der Waals surface area (Å²) in [7, 11) is 4.84. The minimum absolute atomic E-state index is 0.0364. The molecule has 30 heavy (non-hydrogen) atoms. The zero-order valence-electron chi connectivity index (χ0n) is 17.5. The van der Waals surface area contributed by atoms with E-state index in [1.54, 1.807) is 25.8 Å². The van der Waals surface area contributed by atoms with Crippen molar-refractivity contribution >= 4 is 5.65 Å². The van der Waals surface area contributed by atoms with Gasteiger partial charge in [0, 0.05) is 42.9 Å². The second-order valence-electron chi connectivity index (χ2n) is 8.02. The van der Waals surface area contributed by atoms with Crippen molar-refractivity contribution in [2.45, 2.75) is 38.3 Å². The van der Waals surface area contributed by atoms with Gasteiger partial charge in [-0.3, -0.25) is 14.8 Å². The average molecular weight is 410 g/mol. The lowest BCUT2D eigenvalue weighted by molar-refractivity contribution is 0.239. The lowest BCUT2D eigenvalue weighted by Crippen LogP contribution is -2.36. The Labute approximate surface area is 174 Å². The van der Waals surface area contributed by atoms with Crippen molar-refractivity contribution in [3.05, 3.63) is 51.1 Å². The average Bonchev–Trinajstić information content (AvgIpc) is 3.52. The Bertz CT molecular complexity index is 1140. The van der Waals surface area contributed by atoms with Gasteiger partial charge >= 0.3 is 0 Å². The van der Waals surface area contributed by atoms with Crippen LogP contribution in [0.15, 0.2) is 23.0 Å². The molecule has 8 heteroatoms. The van der Waals surface area contributed by atoms with Crippen LogP contribution in [-0.4, -0.2) is 47.4 Å². The lowest BCUT2D eigenvalue weighted by Gasteiger charge is -2.28. The second kappa shape index (κ2) is 7.36. The first-order chi connectivity index (χ1) is 14.6. The Hall–Kier alpha value is -3.00. The number of ether oxygens (including phenoxy) is 3. The third-order valence-electron chi connectivity index (χ3n) is 6.01. The number of nitrogens with zero attached hydrogens (tertiary/aromatic N) is 3. The summed E-state index contributed by atoms with van der Waals surface area (Å²) >= 11 is 0. The van der Waals surface area contributed by atoms with Crippen LogP contribution in [0.2, 0.25) is 0 Å². The molecule has 1 saturated carbocycles. The van der Waals surface area contributed by atoms with Crippen LogP contribution in [0.25, 0.3) is 5.65 Å². The molecule has 1 fully saturated rings. The van der Waals surface area contributed by atoms with Gasteiger partial charge < -0.3 is 14.2 Å². The van der Waals surface area contributed by atoms with E-state index in [0.717, 1.165) is 34.7 Å². The zero-order chi connectivity index (χ0) is 20.8. The van der Waals surface area contributed by atoms with Crippen LogP contribution in [0.4, 0.5) is 0 Å². The minimum atomic E-state index is 0.0364. The first-order valence-corrected chi connectivity index (χ1v) is 10.3. The summed E-state index contributed by atoms with van der Waals surface area (Å²) in [6, 6.07) is 5.96. The number of aromatic amines is 1. The van der Waals surface area contributed by atoms with Gasteiger partial charge in [0.25, 0.3) is 5.56 Å². The standard InChI is InChI=1S/C22H26N4O4/c1-28-18-8-13(9-19(29-2)21(18)30-3)11-25-7-6-15-17(12-25)23-20-10-16(14-4-5-14)24-26(20)22(15)27/h8-10,14,24H,4-7,11-12H2,1-3H3. The fourth-order valence-corrected chi connectivity index (χ4v) is 4.29. The molecule has 3 aromatic rings. The van der Waals surface area contributed by atoms with Gasteiger partial charge in [0.15, 0.2) is 17.1 Å². The number of hydrogen-bond acceptors (Lipinski definition) is 6. The van der Waals surface area contributed by atoms with Crippen LogP contribution in [0.3, 0.4) is 0 Å². The lowest BCUT2D eigenvalue weighted by atomic mass is 10.1. The fourth-order valence-electron chi connectivity index (χ4n) is 4.29. The van der Waals surface area contributed by atoms with Crippen molar-refractivity contribution < 1.29 is 14.2 Å². The van der Waals surface area contributed by atoms with E-state index in [1.165, 1.54) is 12.8 Å². The van der Waals surface area contributed by atoms with Crippen LogP contribution < -0.4 is 19.8 Å². The molecule has 0 atom stereocenters. The topological polar surface area (TPSA) is 81.1 Å². The Kier molecular flexibility index (Phi) is 4.66. The van der Waals surface area contributed by atoms with Gasteiger partial charge in [-0.1, -0.05) is 0 Å². The minimum Gasteiger partial charge on any atom is -0.493 e. The molecule has 158 valence electrons. The normalized spacial score (nSPS) is 16.5. The van der Waals surface area contributed by atoms with E-state index in [0.29, 0.717) is 42.7 Å². The van der Waals surface area contributed by atoms with E-state index in [1.807, 2.05) is 18.2 Å². The molecule has 1 aromatic carbocycles. The highest BCUT2D eigenvalue weighted by Gasteiger charge is 2.28. The Morgan fingerprint density at radius 3 is 2.47 bits per heavy atom. The van der Waals surface area contributed by atoms with Crippen molar-refractivity contribution in [2.24, 2.45) is 0 Å². The smallest absolute Gasteiger partial charge is 0.276 e. The molecule has 8 nitrogen and oxygen atoms in total. The molecule has 1 aliphatic heterocycles. The maximum absolute atomic E-state index is 13.0.